The van der Waals surface area contributed by atoms with E-state index in [9.17, 15) is 14.9 Å². The van der Waals surface area contributed by atoms with Crippen LogP contribution in [0.5, 0.6) is 5.75 Å². The van der Waals surface area contributed by atoms with Crippen LogP contribution in [0.2, 0.25) is 0 Å². The number of fused-ring (bicyclic) bond motifs is 1. The molecule has 0 spiro atoms. The molecule has 1 aliphatic heterocycles. The Morgan fingerprint density at radius 2 is 1.61 bits per heavy atom. The summed E-state index contributed by atoms with van der Waals surface area (Å²) in [6.07, 6.45) is 0.491. The minimum absolute atomic E-state index is 0.0139. The first-order valence-electron chi connectivity index (χ1n) is 9.51. The maximum atomic E-state index is 12.4. The zero-order valence-electron chi connectivity index (χ0n) is 16.4. The maximum absolute atomic E-state index is 12.4. The predicted octanol–water partition coefficient (Wildman–Crippen LogP) is 2.24. The van der Waals surface area contributed by atoms with Gasteiger partial charge in [0.1, 0.15) is 23.2 Å². The van der Waals surface area contributed by atoms with Crippen molar-refractivity contribution in [1.29, 1.82) is 5.26 Å². The van der Waals surface area contributed by atoms with Gasteiger partial charge in [-0.15, -0.1) is 0 Å². The Bertz CT molecular complexity index is 1180. The van der Waals surface area contributed by atoms with Crippen molar-refractivity contribution >= 4 is 23.6 Å². The van der Waals surface area contributed by atoms with Crippen molar-refractivity contribution in [2.45, 2.75) is 6.42 Å². The number of hydrogen-bond donors (Lipinski definition) is 2. The van der Waals surface area contributed by atoms with Crippen LogP contribution in [-0.2, 0) is 0 Å². The molecule has 0 bridgehead atoms. The number of nitrogen functional groups attached to an aromatic ring is 2. The van der Waals surface area contributed by atoms with Gasteiger partial charge in [-0.3, -0.25) is 14.5 Å². The molecule has 9 nitrogen and oxygen atoms in total. The largest absolute Gasteiger partial charge is 0.494 e. The van der Waals surface area contributed by atoms with Crippen LogP contribution < -0.4 is 16.2 Å². The number of nitrogens with two attached hydrogens (primary N) is 2. The van der Waals surface area contributed by atoms with Crippen LogP contribution in [0.3, 0.4) is 0 Å². The molecule has 4 N–H and O–H groups in total. The van der Waals surface area contributed by atoms with Crippen LogP contribution in [0.15, 0.2) is 48.5 Å². The number of nitriles is 1. The fourth-order valence-corrected chi connectivity index (χ4v) is 3.38. The highest BCUT2D eigenvalue weighted by Gasteiger charge is 2.34. The van der Waals surface area contributed by atoms with E-state index in [1.807, 2.05) is 6.07 Å². The van der Waals surface area contributed by atoms with Gasteiger partial charge in [-0.1, -0.05) is 12.1 Å². The molecule has 4 rings (SSSR count). The van der Waals surface area contributed by atoms with E-state index < -0.39 is 0 Å². The number of imide groups is 1. The van der Waals surface area contributed by atoms with Crippen LogP contribution in [0.1, 0.15) is 32.7 Å². The third-order valence-corrected chi connectivity index (χ3v) is 4.87. The van der Waals surface area contributed by atoms with Crippen LogP contribution in [-0.4, -0.2) is 39.8 Å². The number of rotatable bonds is 6. The number of hydrogen-bond acceptors (Lipinski definition) is 8. The van der Waals surface area contributed by atoms with Crippen molar-refractivity contribution in [3.8, 4) is 23.1 Å². The van der Waals surface area contributed by atoms with E-state index in [4.69, 9.17) is 16.2 Å². The summed E-state index contributed by atoms with van der Waals surface area (Å²) in [5.74, 6) is 0.0568. The van der Waals surface area contributed by atoms with Crippen LogP contribution in [0, 0.1) is 11.3 Å². The van der Waals surface area contributed by atoms with Crippen LogP contribution >= 0.6 is 0 Å². The molecule has 2 aromatic carbocycles. The molecule has 9 heteroatoms. The summed E-state index contributed by atoms with van der Waals surface area (Å²) in [5.41, 5.74) is 13.4. The molecule has 2 amide bonds. The molecular weight excluding hydrogens is 396 g/mol. The average molecular weight is 414 g/mol. The number of ether oxygens (including phenoxy) is 1. The highest BCUT2D eigenvalue weighted by Crippen LogP contribution is 2.27. The average Bonchev–Trinajstić information content (AvgIpc) is 3.01. The molecule has 0 saturated carbocycles. The van der Waals surface area contributed by atoms with Crippen molar-refractivity contribution in [2.24, 2.45) is 0 Å². The topological polar surface area (TPSA) is 148 Å². The molecule has 154 valence electrons. The van der Waals surface area contributed by atoms with Gasteiger partial charge in [0.05, 0.1) is 23.4 Å². The van der Waals surface area contributed by atoms with E-state index in [0.717, 1.165) is 0 Å². The molecule has 1 aliphatic rings. The van der Waals surface area contributed by atoms with Crippen molar-refractivity contribution in [2.75, 3.05) is 24.6 Å². The molecule has 0 aliphatic carbocycles. The molecule has 1 aromatic heterocycles. The van der Waals surface area contributed by atoms with Crippen LogP contribution in [0.4, 0.5) is 11.8 Å². The van der Waals surface area contributed by atoms with Gasteiger partial charge in [0, 0.05) is 12.1 Å². The van der Waals surface area contributed by atoms with Crippen molar-refractivity contribution in [1.82, 2.24) is 14.9 Å². The maximum Gasteiger partial charge on any atom is 0.261 e. The van der Waals surface area contributed by atoms with E-state index in [0.29, 0.717) is 41.2 Å². The van der Waals surface area contributed by atoms with Gasteiger partial charge in [0.25, 0.3) is 11.8 Å². The molecule has 2 heterocycles. The van der Waals surface area contributed by atoms with Gasteiger partial charge in [0.2, 0.25) is 5.95 Å². The minimum atomic E-state index is -0.276. The summed E-state index contributed by atoms with van der Waals surface area (Å²) < 4.78 is 5.71. The first-order valence-corrected chi connectivity index (χ1v) is 9.51. The Balaban J connectivity index is 1.36. The van der Waals surface area contributed by atoms with Crippen molar-refractivity contribution in [3.05, 3.63) is 65.2 Å². The van der Waals surface area contributed by atoms with E-state index in [2.05, 4.69) is 9.97 Å². The monoisotopic (exact) mass is 414 g/mol. The Morgan fingerprint density at radius 1 is 0.968 bits per heavy atom. The summed E-state index contributed by atoms with van der Waals surface area (Å²) in [6.45, 7) is 0.596. The van der Waals surface area contributed by atoms with Gasteiger partial charge >= 0.3 is 0 Å². The second-order valence-corrected chi connectivity index (χ2v) is 6.84. The lowest BCUT2D eigenvalue weighted by atomic mass is 10.1. The Kier molecular flexibility index (Phi) is 5.20. The van der Waals surface area contributed by atoms with Crippen molar-refractivity contribution < 1.29 is 14.3 Å². The SMILES string of the molecule is N#Cc1c(N)nc(N)nc1-c1ccc(OCCCN2C(=O)c3ccccc3C2=O)cc1. The van der Waals surface area contributed by atoms with E-state index in [1.165, 1.54) is 4.90 Å². The highest BCUT2D eigenvalue weighted by atomic mass is 16.5. The number of benzene rings is 2. The number of carbonyl (C=O) groups excluding carboxylic acids is 2. The fraction of sp³-hybridized carbons (Fsp3) is 0.136. The van der Waals surface area contributed by atoms with E-state index in [-0.39, 0.29) is 35.7 Å². The standard InChI is InChI=1S/C22H18N6O3/c23-12-17-18(26-22(25)27-19(17)24)13-6-8-14(9-7-13)31-11-3-10-28-20(29)15-4-1-2-5-16(15)21(28)30/h1-2,4-9H,3,10-11H2,(H4,24,25,26,27). The van der Waals surface area contributed by atoms with Gasteiger partial charge in [-0.05, 0) is 42.8 Å². The number of carbonyl (C=O) groups is 2. The second kappa shape index (κ2) is 8.12. The quantitative estimate of drug-likeness (QED) is 0.461. The molecule has 31 heavy (non-hydrogen) atoms. The summed E-state index contributed by atoms with van der Waals surface area (Å²) in [6, 6.07) is 15.7. The lowest BCUT2D eigenvalue weighted by molar-refractivity contribution is 0.0646. The first-order chi connectivity index (χ1) is 15.0. The fourth-order valence-electron chi connectivity index (χ4n) is 3.38. The highest BCUT2D eigenvalue weighted by molar-refractivity contribution is 6.21. The number of anilines is 2. The zero-order chi connectivity index (χ0) is 22.0. The lowest BCUT2D eigenvalue weighted by Crippen LogP contribution is -2.31. The van der Waals surface area contributed by atoms with Crippen molar-refractivity contribution in [3.63, 3.8) is 0 Å². The molecule has 0 fully saturated rings. The third kappa shape index (κ3) is 3.74. The lowest BCUT2D eigenvalue weighted by Gasteiger charge is -2.14. The van der Waals surface area contributed by atoms with Gasteiger partial charge in [-0.2, -0.15) is 10.2 Å². The first kappa shape index (κ1) is 19.8. The summed E-state index contributed by atoms with van der Waals surface area (Å²) in [7, 11) is 0. The molecule has 0 atom stereocenters. The Morgan fingerprint density at radius 3 is 2.23 bits per heavy atom. The zero-order valence-corrected chi connectivity index (χ0v) is 16.4. The number of amides is 2. The van der Waals surface area contributed by atoms with Crippen LogP contribution in [0.25, 0.3) is 11.3 Å². The Labute approximate surface area is 177 Å². The molecule has 0 radical (unpaired) electrons. The normalized spacial score (nSPS) is 12.5. The summed E-state index contributed by atoms with van der Waals surface area (Å²) >= 11 is 0. The minimum Gasteiger partial charge on any atom is -0.494 e. The summed E-state index contributed by atoms with van der Waals surface area (Å²) in [5, 5.41) is 9.31. The molecule has 3 aromatic rings. The Hall–Kier alpha value is -4.45. The number of aromatic nitrogens is 2. The second-order valence-electron chi connectivity index (χ2n) is 6.84. The van der Waals surface area contributed by atoms with Gasteiger partial charge < -0.3 is 16.2 Å². The molecule has 0 unspecified atom stereocenters. The molecule has 0 saturated heterocycles. The smallest absolute Gasteiger partial charge is 0.261 e. The number of nitrogens with zero attached hydrogens (tertiary/aromatic N) is 4. The third-order valence-electron chi connectivity index (χ3n) is 4.87. The summed E-state index contributed by atoms with van der Waals surface area (Å²) in [4.78, 5) is 33.9. The molecular formula is C22H18N6O3. The van der Waals surface area contributed by atoms with E-state index in [1.54, 1.807) is 48.5 Å². The van der Waals surface area contributed by atoms with Gasteiger partial charge in [-0.25, -0.2) is 4.98 Å². The van der Waals surface area contributed by atoms with Gasteiger partial charge in [0.15, 0.2) is 0 Å². The predicted molar refractivity (Wildman–Crippen MR) is 113 cm³/mol. The van der Waals surface area contributed by atoms with E-state index >= 15 is 0 Å².